The van der Waals surface area contributed by atoms with E-state index in [4.69, 9.17) is 4.74 Å². The molecule has 7 aromatic carbocycles. The van der Waals surface area contributed by atoms with Crippen LogP contribution in [0.5, 0.6) is 5.75 Å². The molecule has 254 valence electrons. The molecule has 2 aliphatic rings. The van der Waals surface area contributed by atoms with Crippen LogP contribution in [0.25, 0.3) is 31.3 Å². The number of anilines is 3. The lowest BCUT2D eigenvalue weighted by molar-refractivity contribution is 0.382. The summed E-state index contributed by atoms with van der Waals surface area (Å²) in [7, 11) is 0. The molecule has 53 heavy (non-hydrogen) atoms. The minimum atomic E-state index is -0.563. The Labute approximate surface area is 314 Å². The molecule has 0 fully saturated rings. The lowest BCUT2D eigenvalue weighted by atomic mass is 9.62. The first-order valence-electron chi connectivity index (χ1n) is 18.4. The van der Waals surface area contributed by atoms with E-state index >= 15 is 0 Å². The van der Waals surface area contributed by atoms with Crippen LogP contribution in [-0.2, 0) is 5.41 Å². The van der Waals surface area contributed by atoms with E-state index in [-0.39, 0.29) is 0 Å². The molecule has 1 atom stereocenters. The van der Waals surface area contributed by atoms with Gasteiger partial charge in [0.05, 0.1) is 5.41 Å². The number of para-hydroxylation sites is 1. The highest BCUT2D eigenvalue weighted by molar-refractivity contribution is 7.25. The average Bonchev–Trinajstić information content (AvgIpc) is 3.58. The monoisotopic (exact) mass is 699 g/mol. The molecule has 0 N–H and O–H groups in total. The quantitative estimate of drug-likeness (QED) is 0.171. The topological polar surface area (TPSA) is 12.5 Å². The summed E-state index contributed by atoms with van der Waals surface area (Å²) >= 11 is 1.86. The number of rotatable bonds is 6. The Kier molecular flexibility index (Phi) is 7.63. The number of hydrogen-bond acceptors (Lipinski definition) is 3. The standard InChI is InChI=1S/C50H37NOS/c1-34-23-29-48-42(31-34)43-33-41(28-30-49(43)53-48)51(39-26-24-36(25-27-39)35-13-4-2-5-14-35)40-18-12-17-38(32-40)50(37-15-6-3-7-16-37)44-19-8-10-21-46(44)52-47-22-11-9-20-45(47)50/h2-8,10,12-33H,9,11H2,1H3. The van der Waals surface area contributed by atoms with Crippen LogP contribution < -0.4 is 9.64 Å². The van der Waals surface area contributed by atoms with Crippen LogP contribution in [0.3, 0.4) is 0 Å². The number of nitrogens with zero attached hydrogens (tertiary/aromatic N) is 1. The second-order valence-electron chi connectivity index (χ2n) is 14.1. The number of allylic oxidation sites excluding steroid dienone is 3. The molecule has 1 aliphatic carbocycles. The highest BCUT2D eigenvalue weighted by atomic mass is 32.1. The number of thiophene rings is 1. The smallest absolute Gasteiger partial charge is 0.132 e. The first-order valence-corrected chi connectivity index (χ1v) is 19.2. The number of fused-ring (bicyclic) bond motifs is 5. The molecule has 1 unspecified atom stereocenters. The van der Waals surface area contributed by atoms with Crippen LogP contribution in [0.2, 0.25) is 0 Å². The van der Waals surface area contributed by atoms with Gasteiger partial charge in [-0.05, 0) is 109 Å². The van der Waals surface area contributed by atoms with Gasteiger partial charge < -0.3 is 9.64 Å². The zero-order valence-corrected chi connectivity index (χ0v) is 30.3. The van der Waals surface area contributed by atoms with Crippen LogP contribution in [0.15, 0.2) is 193 Å². The highest BCUT2D eigenvalue weighted by Gasteiger charge is 2.47. The van der Waals surface area contributed by atoms with Crippen LogP contribution in [0, 0.1) is 6.92 Å². The number of benzene rings is 7. The second-order valence-corrected chi connectivity index (χ2v) is 15.1. The van der Waals surface area contributed by atoms with E-state index in [1.54, 1.807) is 0 Å². The van der Waals surface area contributed by atoms with Crippen molar-refractivity contribution in [2.45, 2.75) is 25.2 Å². The molecule has 2 nitrogen and oxygen atoms in total. The molecule has 0 radical (unpaired) electrons. The molecule has 1 aromatic heterocycles. The molecule has 0 spiro atoms. The van der Waals surface area contributed by atoms with Crippen molar-refractivity contribution in [1.29, 1.82) is 0 Å². The molecule has 3 heteroatoms. The van der Waals surface area contributed by atoms with E-state index < -0.39 is 5.41 Å². The zero-order valence-electron chi connectivity index (χ0n) is 29.5. The van der Waals surface area contributed by atoms with Crippen LogP contribution >= 0.6 is 11.3 Å². The van der Waals surface area contributed by atoms with Gasteiger partial charge in [0.1, 0.15) is 11.5 Å². The largest absolute Gasteiger partial charge is 0.457 e. The third-order valence-corrected chi connectivity index (χ3v) is 12.0. The molecule has 8 aromatic rings. The molecule has 2 heterocycles. The normalized spacial score (nSPS) is 16.3. The van der Waals surface area contributed by atoms with Crippen molar-refractivity contribution in [1.82, 2.24) is 0 Å². The van der Waals surface area contributed by atoms with E-state index in [1.165, 1.54) is 53.6 Å². The van der Waals surface area contributed by atoms with Crippen LogP contribution in [0.4, 0.5) is 17.1 Å². The molecule has 0 saturated heterocycles. The Balaban J connectivity index is 1.21. The van der Waals surface area contributed by atoms with Crippen molar-refractivity contribution in [3.63, 3.8) is 0 Å². The van der Waals surface area contributed by atoms with Gasteiger partial charge in [0, 0.05) is 48.4 Å². The van der Waals surface area contributed by atoms with Crippen molar-refractivity contribution in [3.05, 3.63) is 216 Å². The van der Waals surface area contributed by atoms with E-state index in [9.17, 15) is 0 Å². The zero-order chi connectivity index (χ0) is 35.4. The fourth-order valence-corrected chi connectivity index (χ4v) is 9.54. The van der Waals surface area contributed by atoms with E-state index in [2.05, 4.69) is 194 Å². The van der Waals surface area contributed by atoms with Crippen molar-refractivity contribution >= 4 is 48.6 Å². The van der Waals surface area contributed by atoms with Crippen LogP contribution in [0.1, 0.15) is 35.1 Å². The first-order chi connectivity index (χ1) is 26.2. The van der Waals surface area contributed by atoms with Gasteiger partial charge in [0.2, 0.25) is 0 Å². The maximum absolute atomic E-state index is 6.66. The van der Waals surface area contributed by atoms with Gasteiger partial charge in [-0.3, -0.25) is 0 Å². The Morgan fingerprint density at radius 1 is 0.528 bits per heavy atom. The van der Waals surface area contributed by atoms with Crippen molar-refractivity contribution in [3.8, 4) is 16.9 Å². The van der Waals surface area contributed by atoms with E-state index in [0.29, 0.717) is 0 Å². The molecule has 0 bridgehead atoms. The molecular weight excluding hydrogens is 663 g/mol. The summed E-state index contributed by atoms with van der Waals surface area (Å²) < 4.78 is 9.27. The molecule has 1 aliphatic heterocycles. The van der Waals surface area contributed by atoms with Crippen LogP contribution in [-0.4, -0.2) is 0 Å². The van der Waals surface area contributed by atoms with Gasteiger partial charge in [0.25, 0.3) is 0 Å². The Bertz CT molecular complexity index is 2710. The summed E-state index contributed by atoms with van der Waals surface area (Å²) in [4.78, 5) is 2.42. The Morgan fingerprint density at radius 3 is 2.00 bits per heavy atom. The fourth-order valence-electron chi connectivity index (χ4n) is 8.47. The number of ether oxygens (including phenoxy) is 1. The number of hydrogen-bond donors (Lipinski definition) is 0. The maximum Gasteiger partial charge on any atom is 0.132 e. The summed E-state index contributed by atoms with van der Waals surface area (Å²) in [6.45, 7) is 2.18. The summed E-state index contributed by atoms with van der Waals surface area (Å²) in [5, 5.41) is 2.60. The van der Waals surface area contributed by atoms with Gasteiger partial charge in [-0.1, -0.05) is 121 Å². The third-order valence-electron chi connectivity index (χ3n) is 10.9. The van der Waals surface area contributed by atoms with Crippen molar-refractivity contribution in [2.24, 2.45) is 0 Å². The lowest BCUT2D eigenvalue weighted by Crippen LogP contribution is -2.38. The third kappa shape index (κ3) is 5.23. The predicted octanol–water partition coefficient (Wildman–Crippen LogP) is 13.8. The van der Waals surface area contributed by atoms with Crippen molar-refractivity contribution < 1.29 is 4.74 Å². The fraction of sp³-hybridized carbons (Fsp3) is 0.0800. The first kappa shape index (κ1) is 31.6. The SMILES string of the molecule is Cc1ccc2sc3ccc(N(c4ccc(-c5ccccc5)cc4)c4cccc(C5(c6ccccc6)C6=CCCC=C6Oc6ccccc65)c4)cc3c2c1. The van der Waals surface area contributed by atoms with Crippen molar-refractivity contribution in [2.75, 3.05) is 4.90 Å². The summed E-state index contributed by atoms with van der Waals surface area (Å²) in [6, 6.07) is 62.2. The lowest BCUT2D eigenvalue weighted by Gasteiger charge is -2.44. The summed E-state index contributed by atoms with van der Waals surface area (Å²) in [5.74, 6) is 1.87. The van der Waals surface area contributed by atoms with Gasteiger partial charge in [-0.25, -0.2) is 0 Å². The Morgan fingerprint density at radius 2 is 1.17 bits per heavy atom. The minimum Gasteiger partial charge on any atom is -0.457 e. The molecule has 0 amide bonds. The average molecular weight is 700 g/mol. The van der Waals surface area contributed by atoms with Gasteiger partial charge >= 0.3 is 0 Å². The van der Waals surface area contributed by atoms with E-state index in [0.717, 1.165) is 47.0 Å². The van der Waals surface area contributed by atoms with Gasteiger partial charge in [-0.2, -0.15) is 0 Å². The maximum atomic E-state index is 6.66. The summed E-state index contributed by atoms with van der Waals surface area (Å²) in [6.07, 6.45) is 6.63. The Hall–Kier alpha value is -6.16. The minimum absolute atomic E-state index is 0.563. The van der Waals surface area contributed by atoms with Gasteiger partial charge in [-0.15, -0.1) is 11.3 Å². The molecule has 10 rings (SSSR count). The molecular formula is C50H37NOS. The highest BCUT2D eigenvalue weighted by Crippen LogP contribution is 2.56. The molecule has 0 saturated carbocycles. The summed E-state index contributed by atoms with van der Waals surface area (Å²) in [5.41, 5.74) is 11.3. The van der Waals surface area contributed by atoms with Gasteiger partial charge in [0.15, 0.2) is 0 Å². The number of aryl methyl sites for hydroxylation is 1. The predicted molar refractivity (Wildman–Crippen MR) is 223 cm³/mol. The second kappa shape index (κ2) is 12.8. The van der Waals surface area contributed by atoms with E-state index in [1.807, 2.05) is 11.3 Å².